The Morgan fingerprint density at radius 3 is 2.59 bits per heavy atom. The summed E-state index contributed by atoms with van der Waals surface area (Å²) < 4.78 is 5.31. The Bertz CT molecular complexity index is 252. The van der Waals surface area contributed by atoms with Crippen LogP contribution >= 0.6 is 0 Å². The Morgan fingerprint density at radius 1 is 1.18 bits per heavy atom. The van der Waals surface area contributed by atoms with Gasteiger partial charge >= 0.3 is 0 Å². The fourth-order valence-electron chi connectivity index (χ4n) is 2.81. The van der Waals surface area contributed by atoms with Crippen LogP contribution in [0.2, 0.25) is 0 Å². The van der Waals surface area contributed by atoms with Crippen LogP contribution in [0.4, 0.5) is 0 Å². The summed E-state index contributed by atoms with van der Waals surface area (Å²) >= 11 is 0. The average molecular weight is 240 g/mol. The minimum Gasteiger partial charge on any atom is -0.381 e. The van der Waals surface area contributed by atoms with Gasteiger partial charge in [-0.3, -0.25) is 4.79 Å². The zero-order valence-corrected chi connectivity index (χ0v) is 10.5. The van der Waals surface area contributed by atoms with E-state index in [4.69, 9.17) is 10.5 Å². The van der Waals surface area contributed by atoms with Gasteiger partial charge in [0.1, 0.15) is 0 Å². The highest BCUT2D eigenvalue weighted by Gasteiger charge is 2.28. The first-order valence-corrected chi connectivity index (χ1v) is 6.88. The predicted octanol–water partition coefficient (Wildman–Crippen LogP) is 1.05. The second-order valence-electron chi connectivity index (χ2n) is 5.36. The molecule has 0 aromatic heterocycles. The lowest BCUT2D eigenvalue weighted by atomic mass is 9.84. The maximum absolute atomic E-state index is 12.0. The van der Waals surface area contributed by atoms with Gasteiger partial charge in [-0.2, -0.15) is 0 Å². The number of nitrogens with two attached hydrogens (primary N) is 1. The van der Waals surface area contributed by atoms with Gasteiger partial charge in [-0.05, 0) is 31.6 Å². The normalized spacial score (nSPS) is 31.1. The molecule has 2 atom stereocenters. The van der Waals surface area contributed by atoms with E-state index in [2.05, 4.69) is 5.32 Å². The number of amides is 1. The molecule has 2 aliphatic rings. The van der Waals surface area contributed by atoms with E-state index in [1.54, 1.807) is 0 Å². The zero-order chi connectivity index (χ0) is 12.1. The molecule has 3 N–H and O–H groups in total. The van der Waals surface area contributed by atoms with Crippen molar-refractivity contribution in [2.24, 2.45) is 17.6 Å². The molecule has 98 valence electrons. The molecule has 0 bridgehead atoms. The summed E-state index contributed by atoms with van der Waals surface area (Å²) in [7, 11) is 0. The highest BCUT2D eigenvalue weighted by atomic mass is 16.5. The molecule has 2 fully saturated rings. The summed E-state index contributed by atoms with van der Waals surface area (Å²) in [5.41, 5.74) is 6.01. The van der Waals surface area contributed by atoms with Gasteiger partial charge in [0, 0.05) is 25.8 Å². The van der Waals surface area contributed by atoms with Gasteiger partial charge in [0.25, 0.3) is 0 Å². The summed E-state index contributed by atoms with van der Waals surface area (Å²) in [5.74, 6) is 0.805. The van der Waals surface area contributed by atoms with Gasteiger partial charge in [-0.25, -0.2) is 0 Å². The molecule has 4 nitrogen and oxygen atoms in total. The quantitative estimate of drug-likeness (QED) is 0.775. The lowest BCUT2D eigenvalue weighted by Crippen LogP contribution is -2.45. The maximum Gasteiger partial charge on any atom is 0.224 e. The molecule has 0 aromatic carbocycles. The lowest BCUT2D eigenvalue weighted by Gasteiger charge is -2.29. The topological polar surface area (TPSA) is 64.4 Å². The van der Waals surface area contributed by atoms with Crippen molar-refractivity contribution in [1.82, 2.24) is 5.32 Å². The van der Waals surface area contributed by atoms with Crippen molar-refractivity contribution < 1.29 is 9.53 Å². The van der Waals surface area contributed by atoms with Crippen molar-refractivity contribution in [2.75, 3.05) is 19.8 Å². The summed E-state index contributed by atoms with van der Waals surface area (Å²) in [6.45, 7) is 2.47. The van der Waals surface area contributed by atoms with E-state index >= 15 is 0 Å². The Labute approximate surface area is 103 Å². The van der Waals surface area contributed by atoms with Crippen LogP contribution in [0.15, 0.2) is 0 Å². The van der Waals surface area contributed by atoms with E-state index in [-0.39, 0.29) is 17.9 Å². The molecule has 2 rings (SSSR count). The third kappa shape index (κ3) is 3.68. The minimum absolute atomic E-state index is 0.0450. The van der Waals surface area contributed by atoms with Crippen molar-refractivity contribution in [3.8, 4) is 0 Å². The molecular weight excluding hydrogens is 216 g/mol. The molecule has 1 saturated carbocycles. The van der Waals surface area contributed by atoms with E-state index in [0.29, 0.717) is 5.92 Å². The maximum atomic E-state index is 12.0. The molecule has 0 aromatic rings. The Hall–Kier alpha value is -0.610. The first-order valence-electron chi connectivity index (χ1n) is 6.88. The largest absolute Gasteiger partial charge is 0.381 e. The second kappa shape index (κ2) is 6.36. The predicted molar refractivity (Wildman–Crippen MR) is 66.5 cm³/mol. The zero-order valence-electron chi connectivity index (χ0n) is 10.5. The summed E-state index contributed by atoms with van der Waals surface area (Å²) in [6.07, 6.45) is 6.40. The van der Waals surface area contributed by atoms with Gasteiger partial charge in [-0.1, -0.05) is 12.8 Å². The van der Waals surface area contributed by atoms with E-state index in [1.807, 2.05) is 0 Å². The van der Waals surface area contributed by atoms with Gasteiger partial charge in [0.2, 0.25) is 5.91 Å². The molecular formula is C13H24N2O2. The number of rotatable bonds is 3. The van der Waals surface area contributed by atoms with Gasteiger partial charge in [0.05, 0.1) is 5.92 Å². The highest BCUT2D eigenvalue weighted by Crippen LogP contribution is 2.23. The van der Waals surface area contributed by atoms with Crippen LogP contribution in [-0.2, 0) is 9.53 Å². The molecule has 17 heavy (non-hydrogen) atoms. The molecule has 4 heteroatoms. The minimum atomic E-state index is 0.0450. The van der Waals surface area contributed by atoms with Crippen LogP contribution < -0.4 is 11.1 Å². The number of carbonyl (C=O) groups is 1. The molecule has 1 amide bonds. The Morgan fingerprint density at radius 2 is 1.88 bits per heavy atom. The van der Waals surface area contributed by atoms with Crippen LogP contribution in [0.25, 0.3) is 0 Å². The monoisotopic (exact) mass is 240 g/mol. The molecule has 0 spiro atoms. The summed E-state index contributed by atoms with van der Waals surface area (Å²) in [5, 5.41) is 3.08. The van der Waals surface area contributed by atoms with Gasteiger partial charge < -0.3 is 15.8 Å². The van der Waals surface area contributed by atoms with Crippen LogP contribution in [0.5, 0.6) is 0 Å². The molecule has 1 aliphatic heterocycles. The first kappa shape index (κ1) is 12.8. The third-order valence-corrected chi connectivity index (χ3v) is 4.06. The van der Waals surface area contributed by atoms with E-state index in [9.17, 15) is 4.79 Å². The summed E-state index contributed by atoms with van der Waals surface area (Å²) in [4.78, 5) is 12.0. The second-order valence-corrected chi connectivity index (χ2v) is 5.36. The van der Waals surface area contributed by atoms with Crippen molar-refractivity contribution in [1.29, 1.82) is 0 Å². The van der Waals surface area contributed by atoms with Crippen LogP contribution in [0.1, 0.15) is 38.5 Å². The van der Waals surface area contributed by atoms with Gasteiger partial charge in [-0.15, -0.1) is 0 Å². The molecule has 0 radical (unpaired) electrons. The molecule has 1 saturated heterocycles. The number of nitrogens with one attached hydrogen (secondary N) is 1. The third-order valence-electron chi connectivity index (χ3n) is 4.06. The number of carbonyl (C=O) groups excluding carboxylic acids is 1. The fourth-order valence-corrected chi connectivity index (χ4v) is 2.81. The average Bonchev–Trinajstić information content (AvgIpc) is 2.38. The number of hydrogen-bond donors (Lipinski definition) is 2. The summed E-state index contributed by atoms with van der Waals surface area (Å²) in [6, 6.07) is 0.0680. The van der Waals surface area contributed by atoms with Crippen LogP contribution in [-0.4, -0.2) is 31.7 Å². The van der Waals surface area contributed by atoms with Crippen LogP contribution in [0, 0.1) is 11.8 Å². The van der Waals surface area contributed by atoms with Crippen molar-refractivity contribution in [2.45, 2.75) is 44.6 Å². The highest BCUT2D eigenvalue weighted by molar-refractivity contribution is 5.79. The lowest BCUT2D eigenvalue weighted by molar-refractivity contribution is -0.126. The molecule has 2 unspecified atom stereocenters. The molecule has 1 heterocycles. The molecule has 1 aliphatic carbocycles. The van der Waals surface area contributed by atoms with Crippen molar-refractivity contribution >= 4 is 5.91 Å². The van der Waals surface area contributed by atoms with E-state index in [1.165, 1.54) is 6.42 Å². The Balaban J connectivity index is 1.72. The smallest absolute Gasteiger partial charge is 0.224 e. The van der Waals surface area contributed by atoms with E-state index in [0.717, 1.165) is 51.9 Å². The number of hydrogen-bond acceptors (Lipinski definition) is 3. The fraction of sp³-hybridized carbons (Fsp3) is 0.923. The number of ether oxygens (including phenoxy) is 1. The standard InChI is InChI=1S/C13H24N2O2/c14-12-4-2-1-3-11(12)13(16)15-9-10-5-7-17-8-6-10/h10-12H,1-9,14H2,(H,15,16). The SMILES string of the molecule is NC1CCCCC1C(=O)NCC1CCOCC1. The van der Waals surface area contributed by atoms with Crippen molar-refractivity contribution in [3.05, 3.63) is 0 Å². The van der Waals surface area contributed by atoms with Gasteiger partial charge in [0.15, 0.2) is 0 Å². The first-order chi connectivity index (χ1) is 8.27. The van der Waals surface area contributed by atoms with Crippen molar-refractivity contribution in [3.63, 3.8) is 0 Å². The van der Waals surface area contributed by atoms with Crippen LogP contribution in [0.3, 0.4) is 0 Å². The van der Waals surface area contributed by atoms with E-state index < -0.39 is 0 Å². The Kier molecular flexibility index (Phi) is 4.80.